The van der Waals surface area contributed by atoms with Gasteiger partial charge in [-0.25, -0.2) is 4.79 Å². The fourth-order valence-electron chi connectivity index (χ4n) is 3.46. The van der Waals surface area contributed by atoms with E-state index in [4.69, 9.17) is 5.73 Å². The van der Waals surface area contributed by atoms with E-state index in [-0.39, 0.29) is 28.7 Å². The first kappa shape index (κ1) is 28.0. The molecule has 2 aromatic rings. The summed E-state index contributed by atoms with van der Waals surface area (Å²) in [5, 5.41) is 5.26. The smallest absolute Gasteiger partial charge is 0.319 e. The van der Waals surface area contributed by atoms with Crippen LogP contribution >= 0.6 is 22.7 Å². The molecule has 2 aliphatic rings. The summed E-state index contributed by atoms with van der Waals surface area (Å²) in [6, 6.07) is 3.55. The highest BCUT2D eigenvalue weighted by atomic mass is 32.1. The molecule has 2 aromatic heterocycles. The number of hydrogen-bond acceptors (Lipinski definition) is 6. The number of carbonyl (C=O) groups is 3. The van der Waals surface area contributed by atoms with Crippen LogP contribution in [0.1, 0.15) is 83.5 Å². The lowest BCUT2D eigenvalue weighted by Crippen LogP contribution is -2.42. The van der Waals surface area contributed by atoms with E-state index in [9.17, 15) is 14.4 Å². The molecule has 8 nitrogen and oxygen atoms in total. The molecular formula is C26H39N5O3S2. The van der Waals surface area contributed by atoms with Crippen molar-refractivity contribution in [1.29, 1.82) is 0 Å². The summed E-state index contributed by atoms with van der Waals surface area (Å²) in [5.41, 5.74) is 7.17. The zero-order valence-corrected chi connectivity index (χ0v) is 24.0. The summed E-state index contributed by atoms with van der Waals surface area (Å²) in [6.07, 6.45) is 2.17. The van der Waals surface area contributed by atoms with E-state index in [1.807, 2.05) is 21.9 Å². The van der Waals surface area contributed by atoms with Crippen molar-refractivity contribution in [2.24, 2.45) is 0 Å². The van der Waals surface area contributed by atoms with Crippen LogP contribution in [0, 0.1) is 0 Å². The van der Waals surface area contributed by atoms with Gasteiger partial charge < -0.3 is 26.2 Å². The molecule has 0 radical (unpaired) electrons. The van der Waals surface area contributed by atoms with Gasteiger partial charge in [-0.3, -0.25) is 9.59 Å². The van der Waals surface area contributed by atoms with Gasteiger partial charge in [0.2, 0.25) is 0 Å². The van der Waals surface area contributed by atoms with Crippen molar-refractivity contribution in [2.75, 3.05) is 44.3 Å². The lowest BCUT2D eigenvalue weighted by molar-refractivity contribution is 0.0650. The Hall–Kier alpha value is -2.59. The van der Waals surface area contributed by atoms with Crippen molar-refractivity contribution in [3.63, 3.8) is 0 Å². The topological polar surface area (TPSA) is 108 Å². The molecule has 4 N–H and O–H groups in total. The van der Waals surface area contributed by atoms with Gasteiger partial charge in [-0.05, 0) is 35.8 Å². The number of nitrogens with one attached hydrogen (secondary N) is 2. The van der Waals surface area contributed by atoms with Crippen LogP contribution in [0.15, 0.2) is 12.1 Å². The number of nitrogens with zero attached hydrogens (tertiary/aromatic N) is 2. The van der Waals surface area contributed by atoms with Crippen molar-refractivity contribution >= 4 is 51.9 Å². The van der Waals surface area contributed by atoms with Crippen molar-refractivity contribution in [2.45, 2.75) is 65.2 Å². The second-order valence-corrected chi connectivity index (χ2v) is 13.3. The van der Waals surface area contributed by atoms with E-state index in [1.54, 1.807) is 7.05 Å². The Balaban J connectivity index is 0.000000205. The molecule has 0 spiro atoms. The average Bonchev–Trinajstić information content (AvgIpc) is 3.29. The number of thiophene rings is 2. The minimum absolute atomic E-state index is 0.0168. The Kier molecular flexibility index (Phi) is 8.40. The Labute approximate surface area is 222 Å². The highest BCUT2D eigenvalue weighted by Crippen LogP contribution is 2.37. The number of hydrogen-bond donors (Lipinski definition) is 3. The first-order valence-electron chi connectivity index (χ1n) is 12.3. The third-order valence-corrected chi connectivity index (χ3v) is 9.23. The highest BCUT2D eigenvalue weighted by Gasteiger charge is 2.29. The number of rotatable bonds is 3. The van der Waals surface area contributed by atoms with Crippen LogP contribution in [0.5, 0.6) is 0 Å². The lowest BCUT2D eigenvalue weighted by atomic mass is 9.94. The fourth-order valence-corrected chi connectivity index (χ4v) is 5.71. The van der Waals surface area contributed by atoms with Gasteiger partial charge in [0.05, 0.1) is 11.4 Å². The van der Waals surface area contributed by atoms with E-state index < -0.39 is 0 Å². The Morgan fingerprint density at radius 3 is 1.64 bits per heavy atom. The van der Waals surface area contributed by atoms with E-state index in [0.29, 0.717) is 21.1 Å². The third kappa shape index (κ3) is 6.39. The van der Waals surface area contributed by atoms with Gasteiger partial charge in [-0.15, -0.1) is 22.7 Å². The van der Waals surface area contributed by atoms with Crippen molar-refractivity contribution < 1.29 is 14.4 Å². The molecule has 4 amide bonds. The number of nitrogens with two attached hydrogens (primary N) is 1. The molecule has 0 unspecified atom stereocenters. The largest absolute Gasteiger partial charge is 0.397 e. The van der Waals surface area contributed by atoms with E-state index in [0.717, 1.165) is 43.9 Å². The fraction of sp³-hybridized carbons (Fsp3) is 0.577. The minimum atomic E-state index is -0.305. The Morgan fingerprint density at radius 1 is 0.806 bits per heavy atom. The second-order valence-electron chi connectivity index (χ2n) is 11.2. The maximum Gasteiger partial charge on any atom is 0.319 e. The number of carbonyl (C=O) groups excluding carboxylic acids is 3. The molecule has 0 aliphatic carbocycles. The van der Waals surface area contributed by atoms with Gasteiger partial charge in [0.15, 0.2) is 0 Å². The van der Waals surface area contributed by atoms with Crippen LogP contribution in [0.25, 0.3) is 0 Å². The van der Waals surface area contributed by atoms with Crippen LogP contribution < -0.4 is 16.4 Å². The van der Waals surface area contributed by atoms with Crippen LogP contribution in [0.2, 0.25) is 0 Å². The molecule has 4 rings (SSSR count). The first-order chi connectivity index (χ1) is 16.7. The predicted molar refractivity (Wildman–Crippen MR) is 150 cm³/mol. The van der Waals surface area contributed by atoms with Gasteiger partial charge in [-0.2, -0.15) is 0 Å². The molecule has 0 atom stereocenters. The van der Waals surface area contributed by atoms with Gasteiger partial charge >= 0.3 is 6.03 Å². The number of amides is 4. The zero-order valence-electron chi connectivity index (χ0n) is 22.4. The summed E-state index contributed by atoms with van der Waals surface area (Å²) >= 11 is 3.01. The first-order valence-corrected chi connectivity index (χ1v) is 14.0. The van der Waals surface area contributed by atoms with Crippen LogP contribution in [0.4, 0.5) is 16.2 Å². The molecule has 2 fully saturated rings. The minimum Gasteiger partial charge on any atom is -0.397 e. The van der Waals surface area contributed by atoms with Gasteiger partial charge in [0.25, 0.3) is 11.8 Å². The Bertz CT molecular complexity index is 1120. The van der Waals surface area contributed by atoms with Crippen LogP contribution in [-0.2, 0) is 10.8 Å². The molecule has 0 bridgehead atoms. The molecule has 2 saturated heterocycles. The number of anilines is 2. The Morgan fingerprint density at radius 2 is 1.25 bits per heavy atom. The molecule has 2 aliphatic heterocycles. The molecule has 10 heteroatoms. The zero-order chi connectivity index (χ0) is 26.8. The van der Waals surface area contributed by atoms with Gasteiger partial charge in [-0.1, -0.05) is 41.5 Å². The quantitative estimate of drug-likeness (QED) is 0.509. The van der Waals surface area contributed by atoms with Crippen molar-refractivity contribution in [3.05, 3.63) is 31.6 Å². The van der Waals surface area contributed by atoms with E-state index >= 15 is 0 Å². The molecule has 36 heavy (non-hydrogen) atoms. The van der Waals surface area contributed by atoms with Gasteiger partial charge in [0, 0.05) is 43.0 Å². The van der Waals surface area contributed by atoms with Crippen LogP contribution in [0.3, 0.4) is 0 Å². The molecule has 0 aromatic carbocycles. The summed E-state index contributed by atoms with van der Waals surface area (Å²) in [4.78, 5) is 43.3. The highest BCUT2D eigenvalue weighted by molar-refractivity contribution is 7.15. The maximum absolute atomic E-state index is 12.4. The standard InChI is InChI=1S/C14H21N3O2S.C12H18N2OS/c1-14(2,3)10-8-9(16-13(19)15-4)11(20-10)12(18)17-6-5-7-17;1-12(2,3)9-7-8(13)10(16-9)11(15)14-5-4-6-14/h8H,5-7H2,1-4H3,(H2,15,16,19);7H,4-6,13H2,1-3H3. The van der Waals surface area contributed by atoms with Crippen LogP contribution in [-0.4, -0.2) is 60.9 Å². The summed E-state index contributed by atoms with van der Waals surface area (Å²) in [7, 11) is 1.56. The van der Waals surface area contributed by atoms with E-state index in [1.165, 1.54) is 27.6 Å². The number of likely N-dealkylation sites (tertiary alicyclic amines) is 2. The third-order valence-electron chi connectivity index (χ3n) is 6.12. The monoisotopic (exact) mass is 533 g/mol. The molecule has 0 saturated carbocycles. The second kappa shape index (κ2) is 10.8. The molecule has 198 valence electrons. The SMILES string of the molecule is CC(C)(C)c1cc(N)c(C(=O)N2CCC2)s1.CNC(=O)Nc1cc(C(C)(C)C)sc1C(=O)N1CCC1. The maximum atomic E-state index is 12.4. The van der Waals surface area contributed by atoms with Crippen molar-refractivity contribution in [1.82, 2.24) is 15.1 Å². The molecule has 4 heterocycles. The summed E-state index contributed by atoms with van der Waals surface area (Å²) in [6.45, 7) is 16.1. The van der Waals surface area contributed by atoms with Crippen molar-refractivity contribution in [3.8, 4) is 0 Å². The number of nitrogen functional groups attached to an aromatic ring is 1. The lowest BCUT2D eigenvalue weighted by Gasteiger charge is -2.30. The molecular weight excluding hydrogens is 494 g/mol. The van der Waals surface area contributed by atoms with Gasteiger partial charge in [0.1, 0.15) is 9.75 Å². The summed E-state index contributed by atoms with van der Waals surface area (Å²) < 4.78 is 0. The predicted octanol–water partition coefficient (Wildman–Crippen LogP) is 5.12. The summed E-state index contributed by atoms with van der Waals surface area (Å²) in [5.74, 6) is 0.118. The average molecular weight is 534 g/mol. The normalized spacial score (nSPS) is 15.3. The van der Waals surface area contributed by atoms with E-state index in [2.05, 4.69) is 52.2 Å². The number of urea groups is 1.